The molecule has 0 aliphatic carbocycles. The molecule has 1 heterocycles. The zero-order valence-electron chi connectivity index (χ0n) is 34.2. The predicted molar refractivity (Wildman–Crippen MR) is 238 cm³/mol. The van der Waals surface area contributed by atoms with E-state index in [1.165, 1.54) is 75.8 Å². The van der Waals surface area contributed by atoms with Crippen molar-refractivity contribution in [3.63, 3.8) is 0 Å². The molecule has 0 N–H and O–H groups in total. The van der Waals surface area contributed by atoms with E-state index >= 15 is 0 Å². The molecule has 0 spiro atoms. The summed E-state index contributed by atoms with van der Waals surface area (Å²) in [5, 5.41) is 0. The molecule has 0 saturated carbocycles. The van der Waals surface area contributed by atoms with Crippen LogP contribution in [0.5, 0.6) is 0 Å². The first-order chi connectivity index (χ1) is 27.1. The molecule has 0 fully saturated rings. The Morgan fingerprint density at radius 2 is 0.554 bits per heavy atom. The van der Waals surface area contributed by atoms with Crippen LogP contribution >= 0.6 is 0 Å². The summed E-state index contributed by atoms with van der Waals surface area (Å²) in [5.74, 6) is 1.96. The van der Waals surface area contributed by atoms with E-state index in [0.717, 1.165) is 23.1 Å². The first-order valence-corrected chi connectivity index (χ1v) is 20.5. The molecule has 0 aliphatic heterocycles. The number of aryl methyl sites for hydroxylation is 1. The van der Waals surface area contributed by atoms with Crippen molar-refractivity contribution in [3.8, 4) is 67.5 Å². The smallest absolute Gasteiger partial charge is 0.164 e. The van der Waals surface area contributed by atoms with Gasteiger partial charge in [0.05, 0.1) is 0 Å². The van der Waals surface area contributed by atoms with E-state index in [0.29, 0.717) is 17.5 Å². The van der Waals surface area contributed by atoms with Gasteiger partial charge in [0, 0.05) is 16.7 Å². The lowest BCUT2D eigenvalue weighted by Crippen LogP contribution is -2.16. The van der Waals surface area contributed by atoms with Gasteiger partial charge in [0.15, 0.2) is 17.5 Å². The van der Waals surface area contributed by atoms with Gasteiger partial charge in [-0.1, -0.05) is 207 Å². The normalized spacial score (nSPS) is 11.8. The Morgan fingerprint density at radius 1 is 0.321 bits per heavy atom. The average Bonchev–Trinajstić information content (AvgIpc) is 3.24. The highest BCUT2D eigenvalue weighted by atomic mass is 15.0. The summed E-state index contributed by atoms with van der Waals surface area (Å²) >= 11 is 0. The van der Waals surface area contributed by atoms with E-state index in [1.807, 2.05) is 0 Å². The van der Waals surface area contributed by atoms with Crippen LogP contribution in [0, 0.1) is 0 Å². The van der Waals surface area contributed by atoms with Crippen LogP contribution in [0.2, 0.25) is 0 Å². The maximum atomic E-state index is 5.08. The minimum Gasteiger partial charge on any atom is -0.208 e. The third kappa shape index (κ3) is 8.58. The molecule has 282 valence electrons. The summed E-state index contributed by atoms with van der Waals surface area (Å²) in [6.07, 6.45) is 5.72. The Balaban J connectivity index is 1.21. The quantitative estimate of drug-likeness (QED) is 0.118. The van der Waals surface area contributed by atoms with Crippen LogP contribution in [0.4, 0.5) is 0 Å². The van der Waals surface area contributed by atoms with Crippen molar-refractivity contribution in [2.75, 3.05) is 0 Å². The Kier molecular flexibility index (Phi) is 11.4. The van der Waals surface area contributed by atoms with Crippen LogP contribution < -0.4 is 0 Å². The van der Waals surface area contributed by atoms with Crippen molar-refractivity contribution in [3.05, 3.63) is 162 Å². The largest absolute Gasteiger partial charge is 0.208 e. The van der Waals surface area contributed by atoms with Gasteiger partial charge in [-0.15, -0.1) is 0 Å². The van der Waals surface area contributed by atoms with E-state index in [-0.39, 0.29) is 10.8 Å². The molecule has 0 bridgehead atoms. The predicted octanol–water partition coefficient (Wildman–Crippen LogP) is 14.6. The number of aromatic nitrogens is 3. The molecule has 7 rings (SSSR count). The molecule has 56 heavy (non-hydrogen) atoms. The minimum atomic E-state index is 0.170. The molecule has 6 aromatic carbocycles. The lowest BCUT2D eigenvalue weighted by Gasteiger charge is -2.25. The van der Waals surface area contributed by atoms with Crippen molar-refractivity contribution in [1.82, 2.24) is 15.0 Å². The van der Waals surface area contributed by atoms with E-state index in [1.54, 1.807) is 0 Å². The van der Waals surface area contributed by atoms with Crippen LogP contribution in [-0.2, 0) is 17.3 Å². The average molecular weight is 734 g/mol. The molecule has 1 aromatic heterocycles. The second kappa shape index (κ2) is 16.6. The Bertz CT molecular complexity index is 2230. The number of nitrogens with zero attached hydrogens (tertiary/aromatic N) is 3. The van der Waals surface area contributed by atoms with Crippen LogP contribution in [0.25, 0.3) is 67.5 Å². The zero-order chi connectivity index (χ0) is 39.3. The Morgan fingerprint density at radius 3 is 0.804 bits per heavy atom. The number of hydrogen-bond acceptors (Lipinski definition) is 3. The van der Waals surface area contributed by atoms with Crippen LogP contribution in [0.15, 0.2) is 146 Å². The van der Waals surface area contributed by atoms with E-state index in [2.05, 4.69) is 194 Å². The third-order valence-electron chi connectivity index (χ3n) is 11.5. The van der Waals surface area contributed by atoms with Crippen LogP contribution in [-0.4, -0.2) is 15.0 Å². The van der Waals surface area contributed by atoms with Crippen LogP contribution in [0.3, 0.4) is 0 Å². The van der Waals surface area contributed by atoms with E-state index in [4.69, 9.17) is 15.0 Å². The first kappa shape index (κ1) is 38.6. The van der Waals surface area contributed by atoms with Crippen LogP contribution in [0.1, 0.15) is 90.8 Å². The second-order valence-corrected chi connectivity index (χ2v) is 16.5. The van der Waals surface area contributed by atoms with Gasteiger partial charge < -0.3 is 0 Å². The lowest BCUT2D eigenvalue weighted by molar-refractivity contribution is 0.473. The first-order valence-electron chi connectivity index (χ1n) is 20.5. The second-order valence-electron chi connectivity index (χ2n) is 16.5. The van der Waals surface area contributed by atoms with Crippen molar-refractivity contribution in [2.45, 2.75) is 91.4 Å². The molecular formula is C53H55N3. The van der Waals surface area contributed by atoms with E-state index < -0.39 is 0 Å². The molecule has 0 aliphatic rings. The molecule has 3 heteroatoms. The topological polar surface area (TPSA) is 38.7 Å². The summed E-state index contributed by atoms with van der Waals surface area (Å²) in [7, 11) is 0. The fourth-order valence-corrected chi connectivity index (χ4v) is 7.90. The fourth-order valence-electron chi connectivity index (χ4n) is 7.90. The fraction of sp³-hybridized carbons (Fsp3) is 0.264. The van der Waals surface area contributed by atoms with Crippen molar-refractivity contribution < 1.29 is 0 Å². The van der Waals surface area contributed by atoms with Gasteiger partial charge in [-0.2, -0.15) is 0 Å². The lowest BCUT2D eigenvalue weighted by atomic mass is 9.80. The van der Waals surface area contributed by atoms with Crippen molar-refractivity contribution in [2.24, 2.45) is 0 Å². The van der Waals surface area contributed by atoms with Gasteiger partial charge >= 0.3 is 0 Å². The zero-order valence-corrected chi connectivity index (χ0v) is 34.2. The summed E-state index contributed by atoms with van der Waals surface area (Å²) in [6.45, 7) is 16.0. The molecule has 7 aromatic rings. The maximum Gasteiger partial charge on any atom is 0.164 e. The standard InChI is InChI=1S/C53H55N3/c1-8-35-52(4,5)47-31-27-42(28-32-47)40-17-23-45(24-18-40)50-54-49(44-21-15-39(16-22-44)38-13-11-37(10-3)12-14-38)55-51(56-50)46-25-19-41(20-26-46)43-29-33-48(34-30-43)53(6,7)36-9-2/h11-34H,8-10,35-36H2,1-7H3. The molecule has 0 unspecified atom stereocenters. The minimum absolute atomic E-state index is 0.170. The molecule has 0 amide bonds. The van der Waals surface area contributed by atoms with Gasteiger partial charge in [-0.05, 0) is 80.2 Å². The molecule has 0 saturated heterocycles. The summed E-state index contributed by atoms with van der Waals surface area (Å²) < 4.78 is 0. The van der Waals surface area contributed by atoms with Gasteiger partial charge in [0.25, 0.3) is 0 Å². The Labute approximate surface area is 335 Å². The molecule has 0 atom stereocenters. The maximum absolute atomic E-state index is 5.08. The molecule has 3 nitrogen and oxygen atoms in total. The molecule has 0 radical (unpaired) electrons. The summed E-state index contributed by atoms with van der Waals surface area (Å²) in [4.78, 5) is 15.2. The number of rotatable bonds is 13. The van der Waals surface area contributed by atoms with E-state index in [9.17, 15) is 0 Å². The number of hydrogen-bond donors (Lipinski definition) is 0. The van der Waals surface area contributed by atoms with Gasteiger partial charge in [0.1, 0.15) is 0 Å². The highest BCUT2D eigenvalue weighted by Gasteiger charge is 2.20. The van der Waals surface area contributed by atoms with Crippen molar-refractivity contribution >= 4 is 0 Å². The third-order valence-corrected chi connectivity index (χ3v) is 11.5. The Hall–Kier alpha value is -5.67. The highest BCUT2D eigenvalue weighted by Crippen LogP contribution is 2.34. The van der Waals surface area contributed by atoms with Gasteiger partial charge in [-0.3, -0.25) is 0 Å². The summed E-state index contributed by atoms with van der Waals surface area (Å²) in [6, 6.07) is 52.7. The summed E-state index contributed by atoms with van der Waals surface area (Å²) in [5.41, 5.74) is 14.4. The molecular weight excluding hydrogens is 679 g/mol. The SMILES string of the molecule is CCCC(C)(C)c1ccc(-c2ccc(-c3nc(-c4ccc(-c5ccc(CC)cc5)cc4)nc(-c4ccc(-c5ccc(C(C)(C)CCC)cc5)cc4)n3)cc2)cc1. The monoisotopic (exact) mass is 733 g/mol. The van der Waals surface area contributed by atoms with Crippen molar-refractivity contribution in [1.29, 1.82) is 0 Å². The number of benzene rings is 6. The van der Waals surface area contributed by atoms with Gasteiger partial charge in [-0.25, -0.2) is 15.0 Å². The van der Waals surface area contributed by atoms with Gasteiger partial charge in [0.2, 0.25) is 0 Å². The highest BCUT2D eigenvalue weighted by molar-refractivity contribution is 5.74.